The van der Waals surface area contributed by atoms with Gasteiger partial charge >= 0.3 is 0 Å². The van der Waals surface area contributed by atoms with E-state index >= 15 is 0 Å². The third kappa shape index (κ3) is 2.36. The van der Waals surface area contributed by atoms with Crippen molar-refractivity contribution in [3.63, 3.8) is 0 Å². The van der Waals surface area contributed by atoms with E-state index in [4.69, 9.17) is 0 Å². The fraction of sp³-hybridized carbons (Fsp3) is 0.818. The Morgan fingerprint density at radius 3 is 2.45 bits per heavy atom. The van der Waals surface area contributed by atoms with Crippen LogP contribution in [0.1, 0.15) is 40.0 Å². The minimum absolute atomic E-state index is 0.879. The first kappa shape index (κ1) is 8.83. The van der Waals surface area contributed by atoms with E-state index in [0.717, 1.165) is 17.8 Å². The van der Waals surface area contributed by atoms with Crippen molar-refractivity contribution in [1.29, 1.82) is 0 Å². The molecule has 0 amide bonds. The number of hydrogen-bond donors (Lipinski definition) is 0. The highest BCUT2D eigenvalue weighted by Gasteiger charge is 2.32. The zero-order valence-corrected chi connectivity index (χ0v) is 8.06. The summed E-state index contributed by atoms with van der Waals surface area (Å²) in [7, 11) is 0. The molecule has 11 heavy (non-hydrogen) atoms. The second-order valence-corrected chi connectivity index (χ2v) is 4.20. The van der Waals surface area contributed by atoms with Crippen molar-refractivity contribution in [1.82, 2.24) is 0 Å². The molecule has 0 heteroatoms. The van der Waals surface area contributed by atoms with E-state index in [9.17, 15) is 0 Å². The molecule has 0 saturated heterocycles. The average molecular weight is 152 g/mol. The van der Waals surface area contributed by atoms with E-state index in [1.807, 2.05) is 0 Å². The topological polar surface area (TPSA) is 0 Å². The van der Waals surface area contributed by atoms with Crippen LogP contribution in [-0.4, -0.2) is 0 Å². The lowest BCUT2D eigenvalue weighted by Crippen LogP contribution is -2.03. The number of hydrogen-bond acceptors (Lipinski definition) is 0. The van der Waals surface area contributed by atoms with Crippen molar-refractivity contribution < 1.29 is 0 Å². The van der Waals surface area contributed by atoms with Crippen LogP contribution < -0.4 is 0 Å². The molecule has 0 aromatic carbocycles. The molecule has 3 atom stereocenters. The van der Waals surface area contributed by atoms with Crippen LogP contribution in [0.4, 0.5) is 0 Å². The summed E-state index contributed by atoms with van der Waals surface area (Å²) in [4.78, 5) is 0. The van der Waals surface area contributed by atoms with Crippen LogP contribution >= 0.6 is 0 Å². The van der Waals surface area contributed by atoms with Gasteiger partial charge in [0.2, 0.25) is 0 Å². The van der Waals surface area contributed by atoms with Crippen molar-refractivity contribution in [2.45, 2.75) is 40.0 Å². The molecule has 0 radical (unpaired) electrons. The summed E-state index contributed by atoms with van der Waals surface area (Å²) >= 11 is 0. The van der Waals surface area contributed by atoms with Crippen molar-refractivity contribution in [2.24, 2.45) is 17.8 Å². The van der Waals surface area contributed by atoms with E-state index in [0.29, 0.717) is 0 Å². The van der Waals surface area contributed by atoms with Crippen molar-refractivity contribution >= 4 is 0 Å². The minimum Gasteiger partial charge on any atom is -0.0995 e. The molecule has 0 aromatic rings. The molecule has 0 spiro atoms. The summed E-state index contributed by atoms with van der Waals surface area (Å²) in [5, 5.41) is 0. The fourth-order valence-corrected chi connectivity index (χ4v) is 1.79. The second kappa shape index (κ2) is 3.42. The van der Waals surface area contributed by atoms with E-state index in [1.54, 1.807) is 0 Å². The molecule has 0 nitrogen and oxygen atoms in total. The number of rotatable bonds is 4. The van der Waals surface area contributed by atoms with Gasteiger partial charge < -0.3 is 0 Å². The Labute approximate surface area is 70.7 Å². The summed E-state index contributed by atoms with van der Waals surface area (Å²) in [5.41, 5.74) is 1.49. The average Bonchev–Trinajstić information content (AvgIpc) is 2.66. The van der Waals surface area contributed by atoms with Crippen LogP contribution in [0.3, 0.4) is 0 Å². The lowest BCUT2D eigenvalue weighted by atomic mass is 9.92. The second-order valence-electron chi connectivity index (χ2n) is 4.20. The molecule has 3 unspecified atom stereocenters. The molecular weight excluding hydrogens is 132 g/mol. The molecule has 0 N–H and O–H groups in total. The van der Waals surface area contributed by atoms with Gasteiger partial charge in [0.1, 0.15) is 0 Å². The summed E-state index contributed by atoms with van der Waals surface area (Å²) in [6, 6.07) is 0. The molecule has 64 valence electrons. The van der Waals surface area contributed by atoms with Gasteiger partial charge in [0.25, 0.3) is 0 Å². The Balaban J connectivity index is 2.21. The Bertz CT molecular complexity index is 146. The highest BCUT2D eigenvalue weighted by molar-refractivity contribution is 5.19. The predicted molar refractivity (Wildman–Crippen MR) is 50.5 cm³/mol. The lowest BCUT2D eigenvalue weighted by molar-refractivity contribution is 0.379. The zero-order valence-electron chi connectivity index (χ0n) is 8.06. The monoisotopic (exact) mass is 152 g/mol. The van der Waals surface area contributed by atoms with Crippen LogP contribution in [0.5, 0.6) is 0 Å². The first-order chi connectivity index (χ1) is 5.15. The van der Waals surface area contributed by atoms with Crippen LogP contribution in [0.2, 0.25) is 0 Å². The highest BCUT2D eigenvalue weighted by atomic mass is 14.4. The third-order valence-corrected chi connectivity index (χ3v) is 3.00. The van der Waals surface area contributed by atoms with Gasteiger partial charge in [-0.15, -0.1) is 0 Å². The third-order valence-electron chi connectivity index (χ3n) is 3.00. The molecule has 1 aliphatic carbocycles. The summed E-state index contributed by atoms with van der Waals surface area (Å²) < 4.78 is 0. The molecule has 1 fully saturated rings. The summed E-state index contributed by atoms with van der Waals surface area (Å²) in [6.45, 7) is 11.0. The van der Waals surface area contributed by atoms with Gasteiger partial charge in [-0.2, -0.15) is 0 Å². The molecule has 1 aliphatic rings. The van der Waals surface area contributed by atoms with Crippen LogP contribution in [0, 0.1) is 17.8 Å². The van der Waals surface area contributed by atoms with Crippen molar-refractivity contribution in [3.05, 3.63) is 12.2 Å². The smallest absolute Gasteiger partial charge is 0.0143 e. The van der Waals surface area contributed by atoms with E-state index in [2.05, 4.69) is 27.4 Å². The molecule has 0 heterocycles. The van der Waals surface area contributed by atoms with Gasteiger partial charge in [-0.05, 0) is 30.6 Å². The minimum atomic E-state index is 0.879. The van der Waals surface area contributed by atoms with Crippen molar-refractivity contribution in [3.8, 4) is 0 Å². The van der Waals surface area contributed by atoms with Crippen LogP contribution in [-0.2, 0) is 0 Å². The fourth-order valence-electron chi connectivity index (χ4n) is 1.79. The zero-order chi connectivity index (χ0) is 8.43. The Morgan fingerprint density at radius 1 is 1.55 bits per heavy atom. The molecule has 1 rings (SSSR count). The molecule has 1 saturated carbocycles. The quantitative estimate of drug-likeness (QED) is 0.539. The van der Waals surface area contributed by atoms with Gasteiger partial charge in [-0.1, -0.05) is 39.3 Å². The SMILES string of the molecule is C=C1CC1C(C)CC(C)CC. The number of allylic oxidation sites excluding steroid dienone is 1. The van der Waals surface area contributed by atoms with Gasteiger partial charge in [-0.3, -0.25) is 0 Å². The maximum Gasteiger partial charge on any atom is -0.0143 e. The molecule has 0 aromatic heterocycles. The Morgan fingerprint density at radius 2 is 2.09 bits per heavy atom. The Kier molecular flexibility index (Phi) is 2.75. The normalized spacial score (nSPS) is 28.3. The largest absolute Gasteiger partial charge is 0.0995 e. The van der Waals surface area contributed by atoms with E-state index in [-0.39, 0.29) is 0 Å². The molecule has 0 bridgehead atoms. The van der Waals surface area contributed by atoms with E-state index in [1.165, 1.54) is 24.8 Å². The first-order valence-corrected chi connectivity index (χ1v) is 4.82. The van der Waals surface area contributed by atoms with Crippen LogP contribution in [0.25, 0.3) is 0 Å². The molecular formula is C11H20. The van der Waals surface area contributed by atoms with Crippen molar-refractivity contribution in [2.75, 3.05) is 0 Å². The maximum atomic E-state index is 4.00. The van der Waals surface area contributed by atoms with Gasteiger partial charge in [-0.25, -0.2) is 0 Å². The highest BCUT2D eigenvalue weighted by Crippen LogP contribution is 2.44. The van der Waals surface area contributed by atoms with E-state index < -0.39 is 0 Å². The summed E-state index contributed by atoms with van der Waals surface area (Å²) in [6.07, 6.45) is 4.02. The lowest BCUT2D eigenvalue weighted by Gasteiger charge is -2.14. The van der Waals surface area contributed by atoms with Crippen LogP contribution in [0.15, 0.2) is 12.2 Å². The maximum absolute atomic E-state index is 4.00. The van der Waals surface area contributed by atoms with Gasteiger partial charge in [0.05, 0.1) is 0 Å². The van der Waals surface area contributed by atoms with Gasteiger partial charge in [0.15, 0.2) is 0 Å². The summed E-state index contributed by atoms with van der Waals surface area (Å²) in [5.74, 6) is 2.67. The molecule has 0 aliphatic heterocycles. The van der Waals surface area contributed by atoms with Gasteiger partial charge in [0, 0.05) is 0 Å². The first-order valence-electron chi connectivity index (χ1n) is 4.82. The standard InChI is InChI=1S/C11H20/c1-5-8(2)6-9(3)11-7-10(11)4/h8-9,11H,4-7H2,1-3H3. The predicted octanol–water partition coefficient (Wildman–Crippen LogP) is 3.63. The Hall–Kier alpha value is -0.260.